The Morgan fingerprint density at radius 2 is 0.812 bits per heavy atom. The third-order valence-corrected chi connectivity index (χ3v) is 13.9. The molecule has 296 valence electrons. The van der Waals surface area contributed by atoms with Crippen LogP contribution < -0.4 is 0 Å². The van der Waals surface area contributed by atoms with Crippen molar-refractivity contribution in [3.63, 3.8) is 0 Å². The zero-order valence-corrected chi connectivity index (χ0v) is 34.8. The van der Waals surface area contributed by atoms with Crippen molar-refractivity contribution < 1.29 is 0 Å². The molecule has 0 aliphatic heterocycles. The van der Waals surface area contributed by atoms with Crippen LogP contribution in [0.4, 0.5) is 0 Å². The molecular formula is C62H38N2. The summed E-state index contributed by atoms with van der Waals surface area (Å²) in [5.74, 6) is 0. The monoisotopic (exact) mass is 810 g/mol. The molecule has 13 aromatic rings. The van der Waals surface area contributed by atoms with Gasteiger partial charge in [0.05, 0.1) is 22.1 Å². The van der Waals surface area contributed by atoms with Crippen LogP contribution in [0, 0.1) is 0 Å². The maximum Gasteiger partial charge on any atom is 0.0619 e. The van der Waals surface area contributed by atoms with E-state index < -0.39 is 0 Å². The first kappa shape index (κ1) is 35.2. The van der Waals surface area contributed by atoms with Gasteiger partial charge in [-0.15, -0.1) is 0 Å². The molecule has 11 aromatic carbocycles. The highest BCUT2D eigenvalue weighted by Crippen LogP contribution is 2.50. The highest BCUT2D eigenvalue weighted by atomic mass is 15.0. The molecule has 0 atom stereocenters. The summed E-state index contributed by atoms with van der Waals surface area (Å²) in [5, 5.41) is 10.1. The zero-order valence-electron chi connectivity index (χ0n) is 34.8. The molecule has 0 unspecified atom stereocenters. The first-order valence-corrected chi connectivity index (χ1v) is 22.2. The fraction of sp³-hybridized carbons (Fsp3) is 0. The maximum atomic E-state index is 2.46. The summed E-state index contributed by atoms with van der Waals surface area (Å²) in [6.45, 7) is 0. The Balaban J connectivity index is 0.931. The van der Waals surface area contributed by atoms with Crippen molar-refractivity contribution in [2.24, 2.45) is 0 Å². The number of para-hydroxylation sites is 2. The molecule has 0 fully saturated rings. The smallest absolute Gasteiger partial charge is 0.0619 e. The topological polar surface area (TPSA) is 9.86 Å². The summed E-state index contributed by atoms with van der Waals surface area (Å²) in [6, 6.07) is 85.3. The number of hydrogen-bond acceptors (Lipinski definition) is 0. The van der Waals surface area contributed by atoms with Crippen molar-refractivity contribution >= 4 is 65.2 Å². The molecule has 0 radical (unpaired) electrons. The SMILES string of the molecule is c1ccc(-n2c3ccc(-c4ccc5c6ccccc6n(-c6cccc(-c7ccccc7-c7ccc8c9c(cccc79)-c7ccccc7-8)c6)c5c4)cc3c3ccc4ccccc4c32)cc1. The van der Waals surface area contributed by atoms with Gasteiger partial charge in [-0.2, -0.15) is 0 Å². The number of nitrogens with zero attached hydrogens (tertiary/aromatic N) is 2. The second-order valence-electron chi connectivity index (χ2n) is 17.2. The van der Waals surface area contributed by atoms with Crippen LogP contribution in [0.25, 0.3) is 132 Å². The Hall–Kier alpha value is -8.46. The summed E-state index contributed by atoms with van der Waals surface area (Å²) in [4.78, 5) is 0. The molecular weight excluding hydrogens is 773 g/mol. The predicted octanol–water partition coefficient (Wildman–Crippen LogP) is 16.8. The Morgan fingerprint density at radius 3 is 1.67 bits per heavy atom. The molecule has 2 heteroatoms. The molecule has 1 aliphatic rings. The predicted molar refractivity (Wildman–Crippen MR) is 271 cm³/mol. The Labute approximate surface area is 370 Å². The van der Waals surface area contributed by atoms with Crippen molar-refractivity contribution in [2.75, 3.05) is 0 Å². The average Bonchev–Trinajstić information content (AvgIpc) is 4.00. The minimum Gasteiger partial charge on any atom is -0.309 e. The van der Waals surface area contributed by atoms with Crippen molar-refractivity contribution in [2.45, 2.75) is 0 Å². The summed E-state index contributed by atoms with van der Waals surface area (Å²) >= 11 is 0. The van der Waals surface area contributed by atoms with E-state index in [1.54, 1.807) is 0 Å². The van der Waals surface area contributed by atoms with E-state index in [2.05, 4.69) is 240 Å². The Bertz CT molecular complexity index is 4040. The molecule has 2 aromatic heterocycles. The van der Waals surface area contributed by atoms with Crippen LogP contribution in [0.2, 0.25) is 0 Å². The Kier molecular flexibility index (Phi) is 7.43. The minimum absolute atomic E-state index is 1.14. The van der Waals surface area contributed by atoms with Gasteiger partial charge in [-0.05, 0) is 120 Å². The lowest BCUT2D eigenvalue weighted by atomic mass is 9.89. The largest absolute Gasteiger partial charge is 0.309 e. The van der Waals surface area contributed by atoms with Crippen LogP contribution in [0.3, 0.4) is 0 Å². The third kappa shape index (κ3) is 5.02. The van der Waals surface area contributed by atoms with E-state index in [0.29, 0.717) is 0 Å². The van der Waals surface area contributed by atoms with E-state index >= 15 is 0 Å². The van der Waals surface area contributed by atoms with Gasteiger partial charge in [-0.1, -0.05) is 182 Å². The fourth-order valence-corrected chi connectivity index (χ4v) is 11.1. The van der Waals surface area contributed by atoms with E-state index in [9.17, 15) is 0 Å². The van der Waals surface area contributed by atoms with Gasteiger partial charge in [0, 0.05) is 38.3 Å². The highest BCUT2D eigenvalue weighted by molar-refractivity contribution is 6.21. The van der Waals surface area contributed by atoms with Gasteiger partial charge in [-0.3, -0.25) is 0 Å². The van der Waals surface area contributed by atoms with E-state index in [-0.39, 0.29) is 0 Å². The molecule has 1 aliphatic carbocycles. The van der Waals surface area contributed by atoms with E-state index in [1.807, 2.05) is 0 Å². The quantitative estimate of drug-likeness (QED) is 0.164. The second-order valence-corrected chi connectivity index (χ2v) is 17.2. The lowest BCUT2D eigenvalue weighted by Crippen LogP contribution is -1.95. The zero-order chi connectivity index (χ0) is 41.9. The van der Waals surface area contributed by atoms with Gasteiger partial charge in [0.25, 0.3) is 0 Å². The van der Waals surface area contributed by atoms with Crippen LogP contribution in [0.1, 0.15) is 0 Å². The van der Waals surface area contributed by atoms with E-state index in [4.69, 9.17) is 0 Å². The lowest BCUT2D eigenvalue weighted by Gasteiger charge is -2.16. The molecule has 14 rings (SSSR count). The van der Waals surface area contributed by atoms with E-state index in [1.165, 1.54) is 126 Å². The van der Waals surface area contributed by atoms with Gasteiger partial charge >= 0.3 is 0 Å². The highest BCUT2D eigenvalue weighted by Gasteiger charge is 2.24. The number of benzene rings is 11. The van der Waals surface area contributed by atoms with Gasteiger partial charge in [0.1, 0.15) is 0 Å². The fourth-order valence-electron chi connectivity index (χ4n) is 11.1. The standard InChI is InChI=1S/C62H38N2/c1-2-16-43(17-3-1)64-59-35-30-40(37-57(59)56-32-28-39-14-4-5-20-46(39)62(56)64)41-29-31-52-51-24-10-11-27-58(51)63(60(52)38-41)44-18-12-15-42(36-44)45-19-6-7-21-47(45)50-33-34-55-49-23-9-8-22-48(49)53-25-13-26-54(50)61(53)55/h1-38H. The molecule has 0 amide bonds. The summed E-state index contributed by atoms with van der Waals surface area (Å²) in [6.07, 6.45) is 0. The average molecular weight is 811 g/mol. The molecule has 0 spiro atoms. The van der Waals surface area contributed by atoms with Gasteiger partial charge in [0.15, 0.2) is 0 Å². The molecule has 2 nitrogen and oxygen atoms in total. The molecule has 0 saturated carbocycles. The second kappa shape index (κ2) is 13.5. The summed E-state index contributed by atoms with van der Waals surface area (Å²) in [7, 11) is 0. The molecule has 64 heavy (non-hydrogen) atoms. The van der Waals surface area contributed by atoms with Crippen LogP contribution >= 0.6 is 0 Å². The molecule has 0 saturated heterocycles. The number of fused-ring (bicyclic) bond motifs is 11. The van der Waals surface area contributed by atoms with Crippen molar-refractivity contribution in [3.05, 3.63) is 231 Å². The molecule has 0 bridgehead atoms. The van der Waals surface area contributed by atoms with Crippen LogP contribution in [-0.4, -0.2) is 9.13 Å². The summed E-state index contributed by atoms with van der Waals surface area (Å²) < 4.78 is 4.90. The lowest BCUT2D eigenvalue weighted by molar-refractivity contribution is 1.18. The number of rotatable bonds is 5. The number of hydrogen-bond donors (Lipinski definition) is 0. The summed E-state index contributed by atoms with van der Waals surface area (Å²) in [5.41, 5.74) is 19.7. The molecule has 0 N–H and O–H groups in total. The van der Waals surface area contributed by atoms with Crippen LogP contribution in [0.15, 0.2) is 231 Å². The van der Waals surface area contributed by atoms with E-state index in [0.717, 1.165) is 5.69 Å². The first-order valence-electron chi connectivity index (χ1n) is 22.2. The van der Waals surface area contributed by atoms with Gasteiger partial charge in [0.2, 0.25) is 0 Å². The third-order valence-electron chi connectivity index (χ3n) is 13.9. The minimum atomic E-state index is 1.14. The Morgan fingerprint density at radius 1 is 0.234 bits per heavy atom. The number of aromatic nitrogens is 2. The first-order chi connectivity index (χ1) is 31.8. The van der Waals surface area contributed by atoms with Gasteiger partial charge in [-0.25, -0.2) is 0 Å². The van der Waals surface area contributed by atoms with Gasteiger partial charge < -0.3 is 9.13 Å². The maximum absolute atomic E-state index is 2.46. The van der Waals surface area contributed by atoms with Crippen molar-refractivity contribution in [1.82, 2.24) is 9.13 Å². The van der Waals surface area contributed by atoms with Crippen molar-refractivity contribution in [3.8, 4) is 67.0 Å². The van der Waals surface area contributed by atoms with Crippen LogP contribution in [0.5, 0.6) is 0 Å². The van der Waals surface area contributed by atoms with Crippen molar-refractivity contribution in [1.29, 1.82) is 0 Å². The normalized spacial score (nSPS) is 12.1. The van der Waals surface area contributed by atoms with Crippen LogP contribution in [-0.2, 0) is 0 Å². The molecule has 2 heterocycles.